The van der Waals surface area contributed by atoms with E-state index in [1.54, 1.807) is 0 Å². The average Bonchev–Trinajstić information content (AvgIpc) is 2.47. The van der Waals surface area contributed by atoms with E-state index in [-0.39, 0.29) is 5.41 Å². The van der Waals surface area contributed by atoms with E-state index < -0.39 is 0 Å². The molecule has 0 aliphatic heterocycles. The van der Waals surface area contributed by atoms with Gasteiger partial charge >= 0.3 is 0 Å². The van der Waals surface area contributed by atoms with Crippen molar-refractivity contribution in [2.24, 2.45) is 11.3 Å². The van der Waals surface area contributed by atoms with Gasteiger partial charge in [-0.2, -0.15) is 0 Å². The minimum absolute atomic E-state index is 0.260. The number of hydrogen-bond donors (Lipinski definition) is 0. The topological polar surface area (TPSA) is 0 Å². The molecule has 1 aromatic rings. The number of aryl methyl sites for hydroxylation is 1. The van der Waals surface area contributed by atoms with Crippen molar-refractivity contribution in [2.45, 2.75) is 55.4 Å². The second-order valence-electron chi connectivity index (χ2n) is 7.43. The van der Waals surface area contributed by atoms with E-state index in [0.29, 0.717) is 5.92 Å². The summed E-state index contributed by atoms with van der Waals surface area (Å²) in [6.45, 7) is 20.9. The van der Waals surface area contributed by atoms with E-state index in [2.05, 4.69) is 104 Å². The summed E-state index contributed by atoms with van der Waals surface area (Å²) in [6, 6.07) is 8.64. The zero-order chi connectivity index (χ0) is 18.8. The number of benzene rings is 1. The fourth-order valence-electron chi connectivity index (χ4n) is 2.47. The Labute approximate surface area is 150 Å². The maximum Gasteiger partial charge on any atom is -0.0135 e. The van der Waals surface area contributed by atoms with E-state index in [4.69, 9.17) is 0 Å². The van der Waals surface area contributed by atoms with Gasteiger partial charge in [0.25, 0.3) is 0 Å². The van der Waals surface area contributed by atoms with Crippen LogP contribution in [0.15, 0.2) is 66.8 Å². The Morgan fingerprint density at radius 2 is 1.75 bits per heavy atom. The molecule has 0 heteroatoms. The average molecular weight is 325 g/mol. The molecule has 0 N–H and O–H groups in total. The molecule has 0 amide bonds. The van der Waals surface area contributed by atoms with Crippen LogP contribution in [0.5, 0.6) is 0 Å². The summed E-state index contributed by atoms with van der Waals surface area (Å²) < 4.78 is 0. The van der Waals surface area contributed by atoms with Crippen molar-refractivity contribution >= 4 is 5.57 Å². The van der Waals surface area contributed by atoms with Gasteiger partial charge in [-0.25, -0.2) is 0 Å². The van der Waals surface area contributed by atoms with Crippen LogP contribution < -0.4 is 0 Å². The van der Waals surface area contributed by atoms with Crippen molar-refractivity contribution in [2.75, 3.05) is 0 Å². The molecule has 132 valence electrons. The molecule has 0 atom stereocenters. The molecule has 0 heterocycles. The summed E-state index contributed by atoms with van der Waals surface area (Å²) in [5.74, 6) is 0.580. The minimum atomic E-state index is 0.260. The first-order valence-corrected chi connectivity index (χ1v) is 8.86. The van der Waals surface area contributed by atoms with Gasteiger partial charge in [0, 0.05) is 0 Å². The summed E-state index contributed by atoms with van der Waals surface area (Å²) in [5, 5.41) is 0. The van der Waals surface area contributed by atoms with Crippen LogP contribution in [0.25, 0.3) is 5.57 Å². The third-order valence-electron chi connectivity index (χ3n) is 3.61. The van der Waals surface area contributed by atoms with E-state index in [1.807, 2.05) is 13.0 Å². The Morgan fingerprint density at radius 3 is 2.08 bits per heavy atom. The number of allylic oxidation sites excluding steroid dienone is 7. The predicted octanol–water partition coefficient (Wildman–Crippen LogP) is 7.78. The molecule has 0 saturated heterocycles. The van der Waals surface area contributed by atoms with Gasteiger partial charge < -0.3 is 0 Å². The summed E-state index contributed by atoms with van der Waals surface area (Å²) in [5.41, 5.74) is 5.50. The van der Waals surface area contributed by atoms with Gasteiger partial charge in [0.05, 0.1) is 0 Å². The first kappa shape index (κ1) is 22.2. The third kappa shape index (κ3) is 8.72. The van der Waals surface area contributed by atoms with Crippen molar-refractivity contribution in [3.05, 3.63) is 77.9 Å². The van der Waals surface area contributed by atoms with Gasteiger partial charge in [0.1, 0.15) is 0 Å². The Balaban J connectivity index is 0.000000506. The van der Waals surface area contributed by atoms with Gasteiger partial charge in [-0.05, 0) is 48.8 Å². The highest BCUT2D eigenvalue weighted by atomic mass is 14.2. The van der Waals surface area contributed by atoms with Crippen LogP contribution in [0.2, 0.25) is 0 Å². The van der Waals surface area contributed by atoms with Crippen LogP contribution >= 0.6 is 0 Å². The molecule has 0 unspecified atom stereocenters. The minimum Gasteiger partial charge on any atom is -0.0988 e. The highest BCUT2D eigenvalue weighted by Crippen LogP contribution is 2.25. The molecule has 0 spiro atoms. The van der Waals surface area contributed by atoms with Gasteiger partial charge in [-0.15, -0.1) is 0 Å². The highest BCUT2D eigenvalue weighted by Gasteiger charge is 2.11. The standard InChI is InChI=1S/C15H20.C9H16/c1-5-7-14(10-12(2)3)15-9-6-8-13(4)11-15;1-6-8(7-2)9(3,4)5/h5-12H,1-4H3;6-7H,1H2,2-5H3/b7-5-,14-10+;8-7+. The van der Waals surface area contributed by atoms with Crippen LogP contribution in [-0.2, 0) is 0 Å². The molecule has 0 fully saturated rings. The normalized spacial score (nSPS) is 13.0. The largest absolute Gasteiger partial charge is 0.0988 e. The van der Waals surface area contributed by atoms with E-state index in [1.165, 1.54) is 22.3 Å². The summed E-state index contributed by atoms with van der Waals surface area (Å²) in [6.07, 6.45) is 10.6. The Bertz CT molecular complexity index is 587. The molecule has 24 heavy (non-hydrogen) atoms. The van der Waals surface area contributed by atoms with Crippen molar-refractivity contribution < 1.29 is 0 Å². The fraction of sp³-hybridized carbons (Fsp3) is 0.417. The second kappa shape index (κ2) is 10.9. The molecule has 0 aliphatic rings. The van der Waals surface area contributed by atoms with E-state index >= 15 is 0 Å². The van der Waals surface area contributed by atoms with Crippen LogP contribution in [0, 0.1) is 18.3 Å². The molecule has 1 aromatic carbocycles. The van der Waals surface area contributed by atoms with E-state index in [0.717, 1.165) is 0 Å². The smallest absolute Gasteiger partial charge is 0.0135 e. The van der Waals surface area contributed by atoms with Crippen molar-refractivity contribution in [3.8, 4) is 0 Å². The Hall–Kier alpha value is -1.82. The van der Waals surface area contributed by atoms with Crippen molar-refractivity contribution in [1.82, 2.24) is 0 Å². The molecule has 0 nitrogen and oxygen atoms in total. The first-order valence-electron chi connectivity index (χ1n) is 8.86. The lowest BCUT2D eigenvalue weighted by Gasteiger charge is -2.19. The molecule has 0 aliphatic carbocycles. The zero-order valence-electron chi connectivity index (χ0n) is 17.0. The van der Waals surface area contributed by atoms with Crippen molar-refractivity contribution in [1.29, 1.82) is 0 Å². The molecule has 0 radical (unpaired) electrons. The number of rotatable bonds is 4. The second-order valence-corrected chi connectivity index (χ2v) is 7.43. The van der Waals surface area contributed by atoms with E-state index in [9.17, 15) is 0 Å². The quantitative estimate of drug-likeness (QED) is 0.496. The van der Waals surface area contributed by atoms with Crippen LogP contribution in [-0.4, -0.2) is 0 Å². The van der Waals surface area contributed by atoms with Crippen LogP contribution in [0.4, 0.5) is 0 Å². The summed E-state index contributed by atoms with van der Waals surface area (Å²) in [7, 11) is 0. The van der Waals surface area contributed by atoms with Gasteiger partial charge in [-0.1, -0.05) is 101 Å². The van der Waals surface area contributed by atoms with Crippen LogP contribution in [0.1, 0.15) is 59.6 Å². The zero-order valence-corrected chi connectivity index (χ0v) is 17.0. The molecule has 0 saturated carbocycles. The van der Waals surface area contributed by atoms with Gasteiger partial charge in [0.2, 0.25) is 0 Å². The van der Waals surface area contributed by atoms with Gasteiger partial charge in [-0.3, -0.25) is 0 Å². The molecular formula is C24H36. The molecule has 1 rings (SSSR count). The fourth-order valence-corrected chi connectivity index (χ4v) is 2.47. The predicted molar refractivity (Wildman–Crippen MR) is 112 cm³/mol. The number of hydrogen-bond acceptors (Lipinski definition) is 0. The Kier molecular flexibility index (Phi) is 10.0. The maximum atomic E-state index is 3.73. The lowest BCUT2D eigenvalue weighted by molar-refractivity contribution is 0.516. The SMILES string of the molecule is C/C=C\C(=C/C(C)C)c1cccc(C)c1.C=C/C(=C\C)C(C)(C)C. The first-order chi connectivity index (χ1) is 11.1. The van der Waals surface area contributed by atoms with Crippen LogP contribution in [0.3, 0.4) is 0 Å². The monoisotopic (exact) mass is 324 g/mol. The molecule has 0 aromatic heterocycles. The Morgan fingerprint density at radius 1 is 1.12 bits per heavy atom. The third-order valence-corrected chi connectivity index (χ3v) is 3.61. The lowest BCUT2D eigenvalue weighted by atomic mass is 9.86. The molecular weight excluding hydrogens is 288 g/mol. The molecule has 0 bridgehead atoms. The summed E-state index contributed by atoms with van der Waals surface area (Å²) in [4.78, 5) is 0. The van der Waals surface area contributed by atoms with Crippen molar-refractivity contribution in [3.63, 3.8) is 0 Å². The summed E-state index contributed by atoms with van der Waals surface area (Å²) >= 11 is 0. The highest BCUT2D eigenvalue weighted by molar-refractivity contribution is 5.74. The lowest BCUT2D eigenvalue weighted by Crippen LogP contribution is -2.06. The van der Waals surface area contributed by atoms with Gasteiger partial charge in [0.15, 0.2) is 0 Å². The maximum absolute atomic E-state index is 3.73.